The first-order valence-electron chi connectivity index (χ1n) is 2.97. The van der Waals surface area contributed by atoms with Crippen LogP contribution in [0.1, 0.15) is 20.3 Å². The van der Waals surface area contributed by atoms with Gasteiger partial charge in [0.25, 0.3) is 0 Å². The highest BCUT2D eigenvalue weighted by molar-refractivity contribution is 5.93. The quantitative estimate of drug-likeness (QED) is 0.449. The van der Waals surface area contributed by atoms with E-state index in [1.807, 2.05) is 6.92 Å². The largest absolute Gasteiger partial charge is 0.290 e. The lowest BCUT2D eigenvalue weighted by Gasteiger charge is -2.04. The molecule has 1 aliphatic rings. The minimum absolute atomic E-state index is 0.994. The molecule has 0 radical (unpaired) electrons. The molecule has 0 atom stereocenters. The fourth-order valence-electron chi connectivity index (χ4n) is 0.883. The van der Waals surface area contributed by atoms with Gasteiger partial charge in [0, 0.05) is 12.3 Å². The van der Waals surface area contributed by atoms with Gasteiger partial charge in [-0.05, 0) is 26.3 Å². The van der Waals surface area contributed by atoms with Crippen LogP contribution in [0.15, 0.2) is 16.6 Å². The molecular formula is C7H11N. The van der Waals surface area contributed by atoms with E-state index >= 15 is 0 Å². The summed E-state index contributed by atoms with van der Waals surface area (Å²) in [5.74, 6) is 0. The molecule has 0 saturated carbocycles. The van der Waals surface area contributed by atoms with E-state index in [1.54, 1.807) is 0 Å². The summed E-state index contributed by atoms with van der Waals surface area (Å²) in [5, 5.41) is 0. The van der Waals surface area contributed by atoms with Crippen molar-refractivity contribution in [2.75, 3.05) is 6.54 Å². The van der Waals surface area contributed by atoms with E-state index in [4.69, 9.17) is 0 Å². The van der Waals surface area contributed by atoms with Crippen molar-refractivity contribution in [3.05, 3.63) is 11.6 Å². The Morgan fingerprint density at radius 1 is 1.50 bits per heavy atom. The normalized spacial score (nSPS) is 19.8. The van der Waals surface area contributed by atoms with Crippen molar-refractivity contribution in [1.82, 2.24) is 0 Å². The monoisotopic (exact) mass is 109 g/mol. The number of allylic oxidation sites excluding steroid dienone is 1. The highest BCUT2D eigenvalue weighted by Gasteiger charge is 1.95. The Hall–Kier alpha value is -0.590. The van der Waals surface area contributed by atoms with Gasteiger partial charge in [-0.15, -0.1) is 0 Å². The van der Waals surface area contributed by atoms with Gasteiger partial charge in [-0.3, -0.25) is 4.99 Å². The van der Waals surface area contributed by atoms with Gasteiger partial charge in [-0.25, -0.2) is 0 Å². The van der Waals surface area contributed by atoms with E-state index in [0.717, 1.165) is 13.0 Å². The summed E-state index contributed by atoms with van der Waals surface area (Å²) >= 11 is 0. The molecule has 0 amide bonds. The minimum Gasteiger partial charge on any atom is -0.290 e. The lowest BCUT2D eigenvalue weighted by molar-refractivity contribution is 0.934. The number of hydrogen-bond acceptors (Lipinski definition) is 1. The zero-order valence-electron chi connectivity index (χ0n) is 5.44. The van der Waals surface area contributed by atoms with E-state index in [-0.39, 0.29) is 0 Å². The molecule has 0 saturated heterocycles. The van der Waals surface area contributed by atoms with Crippen molar-refractivity contribution in [3.8, 4) is 0 Å². The molecule has 0 bridgehead atoms. The van der Waals surface area contributed by atoms with Crippen LogP contribution >= 0.6 is 0 Å². The van der Waals surface area contributed by atoms with Crippen LogP contribution in [-0.4, -0.2) is 12.3 Å². The predicted octanol–water partition coefficient (Wildman–Crippen LogP) is 1.80. The van der Waals surface area contributed by atoms with Gasteiger partial charge in [-0.1, -0.05) is 5.57 Å². The third-order valence-electron chi connectivity index (χ3n) is 1.32. The van der Waals surface area contributed by atoms with E-state index < -0.39 is 0 Å². The smallest absolute Gasteiger partial charge is 0.0429 e. The fourth-order valence-corrected chi connectivity index (χ4v) is 0.883. The molecule has 0 aromatic rings. The highest BCUT2D eigenvalue weighted by Crippen LogP contribution is 2.05. The number of nitrogens with zero attached hydrogens (tertiary/aromatic N) is 1. The first kappa shape index (κ1) is 5.54. The van der Waals surface area contributed by atoms with E-state index in [1.165, 1.54) is 11.3 Å². The second-order valence-corrected chi connectivity index (χ2v) is 2.26. The molecule has 1 heterocycles. The van der Waals surface area contributed by atoms with Gasteiger partial charge < -0.3 is 0 Å². The molecule has 0 aromatic heterocycles. The number of rotatable bonds is 0. The average Bonchev–Trinajstić information content (AvgIpc) is 1.64. The molecule has 1 rings (SSSR count). The maximum Gasteiger partial charge on any atom is 0.0429 e. The summed E-state index contributed by atoms with van der Waals surface area (Å²) in [7, 11) is 0. The van der Waals surface area contributed by atoms with E-state index in [0.29, 0.717) is 0 Å². The maximum atomic E-state index is 4.22. The minimum atomic E-state index is 0.994. The van der Waals surface area contributed by atoms with E-state index in [2.05, 4.69) is 18.0 Å². The standard InChI is InChI=1S/C7H11N/c1-6-3-4-8-7(2)5-6/h5H,3-4H2,1-2H3. The molecule has 0 spiro atoms. The maximum absolute atomic E-state index is 4.22. The van der Waals surface area contributed by atoms with E-state index in [9.17, 15) is 0 Å². The summed E-state index contributed by atoms with van der Waals surface area (Å²) in [6, 6.07) is 0. The number of aliphatic imine (C=N–C) groups is 1. The molecule has 0 aliphatic carbocycles. The molecule has 1 nitrogen and oxygen atoms in total. The fraction of sp³-hybridized carbons (Fsp3) is 0.571. The first-order valence-corrected chi connectivity index (χ1v) is 2.97. The Morgan fingerprint density at radius 3 is 2.62 bits per heavy atom. The summed E-state index contributed by atoms with van der Waals surface area (Å²) < 4.78 is 0. The van der Waals surface area contributed by atoms with Crippen LogP contribution < -0.4 is 0 Å². The zero-order valence-corrected chi connectivity index (χ0v) is 5.44. The van der Waals surface area contributed by atoms with Gasteiger partial charge in [0.15, 0.2) is 0 Å². The van der Waals surface area contributed by atoms with Crippen LogP contribution in [0.2, 0.25) is 0 Å². The van der Waals surface area contributed by atoms with Crippen molar-refractivity contribution >= 4 is 5.71 Å². The second kappa shape index (κ2) is 2.12. The summed E-state index contributed by atoms with van der Waals surface area (Å²) in [4.78, 5) is 4.22. The predicted molar refractivity (Wildman–Crippen MR) is 36.4 cm³/mol. The topological polar surface area (TPSA) is 12.4 Å². The van der Waals surface area contributed by atoms with Crippen LogP contribution in [0.4, 0.5) is 0 Å². The van der Waals surface area contributed by atoms with Crippen LogP contribution in [0.3, 0.4) is 0 Å². The van der Waals surface area contributed by atoms with Crippen molar-refractivity contribution in [1.29, 1.82) is 0 Å². The van der Waals surface area contributed by atoms with Crippen LogP contribution in [0, 0.1) is 0 Å². The average molecular weight is 109 g/mol. The Labute approximate surface area is 50.1 Å². The Kier molecular flexibility index (Phi) is 1.47. The van der Waals surface area contributed by atoms with Crippen LogP contribution in [0.25, 0.3) is 0 Å². The van der Waals surface area contributed by atoms with Gasteiger partial charge in [0.2, 0.25) is 0 Å². The summed E-state index contributed by atoms with van der Waals surface area (Å²) in [5.41, 5.74) is 2.63. The van der Waals surface area contributed by atoms with Crippen LogP contribution in [0.5, 0.6) is 0 Å². The third kappa shape index (κ3) is 1.19. The van der Waals surface area contributed by atoms with Crippen molar-refractivity contribution < 1.29 is 0 Å². The SMILES string of the molecule is CC1=CC(C)=NCC1. The third-order valence-corrected chi connectivity index (χ3v) is 1.32. The first-order chi connectivity index (χ1) is 3.79. The zero-order chi connectivity index (χ0) is 5.98. The Morgan fingerprint density at radius 2 is 2.25 bits per heavy atom. The number of dihydropyridines is 1. The summed E-state index contributed by atoms with van der Waals surface area (Å²) in [6.45, 7) is 5.19. The molecule has 44 valence electrons. The summed E-state index contributed by atoms with van der Waals surface area (Å²) in [6.07, 6.45) is 3.29. The molecule has 1 heteroatoms. The molecule has 8 heavy (non-hydrogen) atoms. The molecular weight excluding hydrogens is 98.1 g/mol. The highest BCUT2D eigenvalue weighted by atomic mass is 14.7. The lowest BCUT2D eigenvalue weighted by atomic mass is 10.1. The van der Waals surface area contributed by atoms with Crippen molar-refractivity contribution in [3.63, 3.8) is 0 Å². The second-order valence-electron chi connectivity index (χ2n) is 2.26. The molecule has 0 fully saturated rings. The molecule has 0 unspecified atom stereocenters. The van der Waals surface area contributed by atoms with Crippen LogP contribution in [-0.2, 0) is 0 Å². The Balaban J connectivity index is 2.69. The van der Waals surface area contributed by atoms with Gasteiger partial charge in [0.05, 0.1) is 0 Å². The molecule has 1 aliphatic heterocycles. The lowest BCUT2D eigenvalue weighted by Crippen LogP contribution is -1.97. The van der Waals surface area contributed by atoms with Crippen molar-refractivity contribution in [2.45, 2.75) is 20.3 Å². The Bertz CT molecular complexity index is 142. The molecule has 0 aromatic carbocycles. The van der Waals surface area contributed by atoms with Gasteiger partial charge >= 0.3 is 0 Å². The number of hydrogen-bond donors (Lipinski definition) is 0. The van der Waals surface area contributed by atoms with Crippen molar-refractivity contribution in [2.24, 2.45) is 4.99 Å². The molecule has 0 N–H and O–H groups in total. The van der Waals surface area contributed by atoms with Gasteiger partial charge in [0.1, 0.15) is 0 Å². The van der Waals surface area contributed by atoms with Gasteiger partial charge in [-0.2, -0.15) is 0 Å².